The van der Waals surface area contributed by atoms with Crippen LogP contribution in [-0.4, -0.2) is 34.9 Å². The Morgan fingerprint density at radius 1 is 0.383 bits per heavy atom. The third kappa shape index (κ3) is 47.7. The van der Waals surface area contributed by atoms with Gasteiger partial charge in [-0.2, -0.15) is 0 Å². The summed E-state index contributed by atoms with van der Waals surface area (Å²) in [5.74, 6) is -0.0692. The van der Waals surface area contributed by atoms with Crippen LogP contribution in [0, 0.1) is 0 Å². The standard InChI is InChI=1S/C56H107NO3/c1-3-5-7-9-11-13-15-17-19-21-22-23-24-25-26-27-28-29-30-31-32-33-34-36-38-40-42-44-46-48-50-52-56(60)57-54(53-58)55(59)51-49-47-45-43-41-39-37-35-20-18-16-14-12-10-8-6-4-2/h21-22,41,43,49,51,54-55,58-59H,3-20,23-40,42,44-48,50,52-53H2,1-2H3,(H,57,60)/b22-21-,43-41+,51-49+. The normalized spacial score (nSPS) is 13.1. The van der Waals surface area contributed by atoms with Gasteiger partial charge in [-0.25, -0.2) is 0 Å². The highest BCUT2D eigenvalue weighted by Gasteiger charge is 2.18. The first-order chi connectivity index (χ1) is 29.7. The molecule has 0 aromatic carbocycles. The van der Waals surface area contributed by atoms with Crippen LogP contribution in [0.15, 0.2) is 36.5 Å². The molecule has 0 aliphatic rings. The zero-order valence-electron chi connectivity index (χ0n) is 40.7. The van der Waals surface area contributed by atoms with E-state index in [-0.39, 0.29) is 12.5 Å². The van der Waals surface area contributed by atoms with E-state index < -0.39 is 12.1 Å². The zero-order chi connectivity index (χ0) is 43.5. The summed E-state index contributed by atoms with van der Waals surface area (Å²) in [5, 5.41) is 23.1. The Morgan fingerprint density at radius 2 is 0.650 bits per heavy atom. The van der Waals surface area contributed by atoms with Gasteiger partial charge in [0.05, 0.1) is 18.8 Å². The van der Waals surface area contributed by atoms with Crippen molar-refractivity contribution >= 4 is 5.91 Å². The van der Waals surface area contributed by atoms with Crippen molar-refractivity contribution in [1.29, 1.82) is 0 Å². The SMILES string of the molecule is CCCCCCCCCC/C=C\CCCCCCCCCCCCCCCCCCCCCC(=O)NC(CO)C(O)/C=C/CC/C=C/CCCCCCCCCCCCC. The van der Waals surface area contributed by atoms with Crippen LogP contribution in [0.5, 0.6) is 0 Å². The molecule has 0 bridgehead atoms. The van der Waals surface area contributed by atoms with Gasteiger partial charge in [0.15, 0.2) is 0 Å². The van der Waals surface area contributed by atoms with E-state index in [1.165, 1.54) is 244 Å². The Balaban J connectivity index is 3.47. The fourth-order valence-corrected chi connectivity index (χ4v) is 8.43. The largest absolute Gasteiger partial charge is 0.394 e. The fraction of sp³-hybridized carbons (Fsp3) is 0.875. The summed E-state index contributed by atoms with van der Waals surface area (Å²) in [4.78, 5) is 12.4. The summed E-state index contributed by atoms with van der Waals surface area (Å²) in [6.07, 6.45) is 70.2. The van der Waals surface area contributed by atoms with Gasteiger partial charge in [-0.1, -0.05) is 269 Å². The molecule has 4 heteroatoms. The molecule has 2 atom stereocenters. The Kier molecular flexibility index (Phi) is 50.8. The van der Waals surface area contributed by atoms with Crippen LogP contribution in [-0.2, 0) is 4.79 Å². The van der Waals surface area contributed by atoms with Gasteiger partial charge in [0.1, 0.15) is 0 Å². The fourth-order valence-electron chi connectivity index (χ4n) is 8.43. The molecule has 0 aliphatic heterocycles. The van der Waals surface area contributed by atoms with Crippen molar-refractivity contribution in [3.63, 3.8) is 0 Å². The highest BCUT2D eigenvalue weighted by Crippen LogP contribution is 2.17. The van der Waals surface area contributed by atoms with Crippen LogP contribution in [0.3, 0.4) is 0 Å². The quantitative estimate of drug-likeness (QED) is 0.0422. The number of aliphatic hydroxyl groups is 2. The number of carbonyl (C=O) groups is 1. The topological polar surface area (TPSA) is 69.6 Å². The summed E-state index contributed by atoms with van der Waals surface area (Å²) in [5.41, 5.74) is 0. The molecule has 0 saturated heterocycles. The van der Waals surface area contributed by atoms with Gasteiger partial charge in [-0.05, 0) is 57.8 Å². The van der Waals surface area contributed by atoms with E-state index in [1.54, 1.807) is 6.08 Å². The maximum absolute atomic E-state index is 12.4. The van der Waals surface area contributed by atoms with E-state index in [4.69, 9.17) is 0 Å². The summed E-state index contributed by atoms with van der Waals surface area (Å²) in [7, 11) is 0. The molecule has 0 aromatic rings. The van der Waals surface area contributed by atoms with Gasteiger partial charge in [-0.15, -0.1) is 0 Å². The minimum atomic E-state index is -0.860. The highest BCUT2D eigenvalue weighted by atomic mass is 16.3. The molecular weight excluding hydrogens is 735 g/mol. The average molecular weight is 842 g/mol. The van der Waals surface area contributed by atoms with Crippen molar-refractivity contribution in [3.05, 3.63) is 36.5 Å². The van der Waals surface area contributed by atoms with Crippen LogP contribution in [0.25, 0.3) is 0 Å². The van der Waals surface area contributed by atoms with Gasteiger partial charge in [0.2, 0.25) is 5.91 Å². The first kappa shape index (κ1) is 58.6. The van der Waals surface area contributed by atoms with Crippen LogP contribution >= 0.6 is 0 Å². The molecule has 0 saturated carbocycles. The van der Waals surface area contributed by atoms with Crippen LogP contribution in [0.1, 0.15) is 296 Å². The summed E-state index contributed by atoms with van der Waals surface area (Å²) in [6.45, 7) is 4.32. The number of hydrogen-bond donors (Lipinski definition) is 3. The Morgan fingerprint density at radius 3 is 0.967 bits per heavy atom. The average Bonchev–Trinajstić information content (AvgIpc) is 3.25. The van der Waals surface area contributed by atoms with E-state index in [0.29, 0.717) is 6.42 Å². The van der Waals surface area contributed by atoms with Crippen LogP contribution < -0.4 is 5.32 Å². The van der Waals surface area contributed by atoms with Gasteiger partial charge >= 0.3 is 0 Å². The number of amides is 1. The molecule has 60 heavy (non-hydrogen) atoms. The van der Waals surface area contributed by atoms with Crippen LogP contribution in [0.2, 0.25) is 0 Å². The van der Waals surface area contributed by atoms with Crippen LogP contribution in [0.4, 0.5) is 0 Å². The molecule has 0 aliphatic carbocycles. The number of allylic oxidation sites excluding steroid dienone is 5. The third-order valence-electron chi connectivity index (χ3n) is 12.6. The molecule has 0 heterocycles. The monoisotopic (exact) mass is 842 g/mol. The van der Waals surface area contributed by atoms with Gasteiger partial charge in [-0.3, -0.25) is 4.79 Å². The number of aliphatic hydroxyl groups excluding tert-OH is 2. The van der Waals surface area contributed by atoms with E-state index in [9.17, 15) is 15.0 Å². The first-order valence-corrected chi connectivity index (χ1v) is 27.2. The second kappa shape index (κ2) is 52.0. The smallest absolute Gasteiger partial charge is 0.220 e. The molecule has 0 fully saturated rings. The maximum atomic E-state index is 12.4. The molecule has 1 amide bonds. The first-order valence-electron chi connectivity index (χ1n) is 27.2. The molecule has 0 aromatic heterocycles. The molecule has 0 radical (unpaired) electrons. The predicted octanol–water partition coefficient (Wildman–Crippen LogP) is 17.7. The number of carbonyl (C=O) groups excluding carboxylic acids is 1. The number of unbranched alkanes of at least 4 members (excludes halogenated alkanes) is 39. The van der Waals surface area contributed by atoms with Crippen molar-refractivity contribution in [1.82, 2.24) is 5.32 Å². The van der Waals surface area contributed by atoms with Gasteiger partial charge in [0, 0.05) is 6.42 Å². The van der Waals surface area contributed by atoms with Crippen molar-refractivity contribution in [2.45, 2.75) is 309 Å². The third-order valence-corrected chi connectivity index (χ3v) is 12.6. The van der Waals surface area contributed by atoms with Gasteiger partial charge in [0.25, 0.3) is 0 Å². The number of rotatable bonds is 50. The van der Waals surface area contributed by atoms with E-state index in [2.05, 4.69) is 43.5 Å². The molecular formula is C56H107NO3. The lowest BCUT2D eigenvalue weighted by Crippen LogP contribution is -2.45. The Bertz CT molecular complexity index is 912. The van der Waals surface area contributed by atoms with Crippen molar-refractivity contribution < 1.29 is 15.0 Å². The zero-order valence-corrected chi connectivity index (χ0v) is 40.7. The molecule has 3 N–H and O–H groups in total. The van der Waals surface area contributed by atoms with E-state index in [1.807, 2.05) is 6.08 Å². The lowest BCUT2D eigenvalue weighted by molar-refractivity contribution is -0.123. The Labute approximate surface area is 376 Å². The van der Waals surface area contributed by atoms with Crippen molar-refractivity contribution in [3.8, 4) is 0 Å². The van der Waals surface area contributed by atoms with Crippen molar-refractivity contribution in [2.75, 3.05) is 6.61 Å². The highest BCUT2D eigenvalue weighted by molar-refractivity contribution is 5.76. The second-order valence-corrected chi connectivity index (χ2v) is 18.6. The Hall–Kier alpha value is -1.39. The second-order valence-electron chi connectivity index (χ2n) is 18.6. The number of nitrogens with one attached hydrogen (secondary N) is 1. The van der Waals surface area contributed by atoms with Gasteiger partial charge < -0.3 is 15.5 Å². The minimum Gasteiger partial charge on any atom is -0.394 e. The van der Waals surface area contributed by atoms with E-state index >= 15 is 0 Å². The maximum Gasteiger partial charge on any atom is 0.220 e. The molecule has 0 spiro atoms. The summed E-state index contributed by atoms with van der Waals surface area (Å²) < 4.78 is 0. The van der Waals surface area contributed by atoms with E-state index in [0.717, 1.165) is 32.1 Å². The lowest BCUT2D eigenvalue weighted by atomic mass is 10.0. The molecule has 2 unspecified atom stereocenters. The molecule has 354 valence electrons. The van der Waals surface area contributed by atoms with Crippen molar-refractivity contribution in [2.24, 2.45) is 0 Å². The molecule has 4 nitrogen and oxygen atoms in total. The summed E-state index contributed by atoms with van der Waals surface area (Å²) >= 11 is 0. The number of hydrogen-bond acceptors (Lipinski definition) is 3. The molecule has 0 rings (SSSR count). The predicted molar refractivity (Wildman–Crippen MR) is 267 cm³/mol. The summed E-state index contributed by atoms with van der Waals surface area (Å²) in [6, 6.07) is -0.637. The minimum absolute atomic E-state index is 0.0692. The lowest BCUT2D eigenvalue weighted by Gasteiger charge is -2.19.